The van der Waals surface area contributed by atoms with Gasteiger partial charge < -0.3 is 0 Å². The molecule has 0 aromatic carbocycles. The molecule has 0 heterocycles. The van der Waals surface area contributed by atoms with Gasteiger partial charge in [-0.25, -0.2) is 0 Å². The molecule has 2 atom stereocenters. The van der Waals surface area contributed by atoms with Crippen molar-refractivity contribution in [3.8, 4) is 0 Å². The highest BCUT2D eigenvalue weighted by atomic mass is 14.7. The zero-order valence-electron chi connectivity index (χ0n) is 9.61. The van der Waals surface area contributed by atoms with Crippen LogP contribution in [0.15, 0.2) is 22.8 Å². The van der Waals surface area contributed by atoms with Crippen molar-refractivity contribution in [2.75, 3.05) is 0 Å². The molecule has 0 saturated heterocycles. The molecule has 78 valence electrons. The summed E-state index contributed by atoms with van der Waals surface area (Å²) in [5.74, 6) is 0. The third-order valence-electron chi connectivity index (χ3n) is 5.00. The monoisotopic (exact) mass is 190 g/mol. The van der Waals surface area contributed by atoms with E-state index in [0.29, 0.717) is 10.8 Å². The lowest BCUT2D eigenvalue weighted by Gasteiger charge is -2.32. The molecule has 0 bridgehead atoms. The molecule has 3 rings (SSSR count). The molecule has 0 nitrogen and oxygen atoms in total. The van der Waals surface area contributed by atoms with Crippen LogP contribution in [0.1, 0.15) is 54.3 Å². The van der Waals surface area contributed by atoms with Crippen LogP contribution in [0.2, 0.25) is 0 Å². The molecule has 0 spiro atoms. The summed E-state index contributed by atoms with van der Waals surface area (Å²) < 4.78 is 0. The molecular formula is C14H22. The highest BCUT2D eigenvalue weighted by Gasteiger charge is 2.63. The van der Waals surface area contributed by atoms with Gasteiger partial charge in [0, 0.05) is 1.43 Å². The van der Waals surface area contributed by atoms with E-state index in [1.165, 1.54) is 32.1 Å². The van der Waals surface area contributed by atoms with Gasteiger partial charge in [0.15, 0.2) is 0 Å². The molecule has 0 aromatic rings. The fraction of sp³-hybridized carbons (Fsp3) is 0.714. The number of rotatable bonds is 0. The summed E-state index contributed by atoms with van der Waals surface area (Å²) in [6, 6.07) is 0. The molecule has 3 aliphatic carbocycles. The summed E-state index contributed by atoms with van der Waals surface area (Å²) in [7, 11) is 0. The molecule has 0 aromatic heterocycles. The van der Waals surface area contributed by atoms with Gasteiger partial charge in [-0.3, -0.25) is 0 Å². The zero-order valence-corrected chi connectivity index (χ0v) is 9.61. The van der Waals surface area contributed by atoms with Crippen LogP contribution in [0.4, 0.5) is 0 Å². The first-order valence-electron chi connectivity index (χ1n) is 5.99. The maximum Gasteiger partial charge on any atom is 0 e. The Hall–Kier alpha value is -0.520. The fourth-order valence-corrected chi connectivity index (χ4v) is 3.87. The van der Waals surface area contributed by atoms with Crippen molar-refractivity contribution in [3.63, 3.8) is 0 Å². The fourth-order valence-electron chi connectivity index (χ4n) is 3.87. The Morgan fingerprint density at radius 3 is 2.71 bits per heavy atom. The lowest BCUT2D eigenvalue weighted by atomic mass is 9.72. The molecule has 0 radical (unpaired) electrons. The second-order valence-corrected chi connectivity index (χ2v) is 5.92. The molecule has 14 heavy (non-hydrogen) atoms. The number of hydrogen-bond donors (Lipinski definition) is 0. The van der Waals surface area contributed by atoms with Crippen molar-refractivity contribution in [1.82, 2.24) is 0 Å². The Kier molecular flexibility index (Phi) is 1.47. The van der Waals surface area contributed by atoms with Crippen LogP contribution >= 0.6 is 0 Å². The van der Waals surface area contributed by atoms with E-state index in [1.54, 1.807) is 11.1 Å². The average molecular weight is 190 g/mol. The summed E-state index contributed by atoms with van der Waals surface area (Å²) in [6.07, 6.45) is 9.53. The van der Waals surface area contributed by atoms with E-state index < -0.39 is 0 Å². The first kappa shape index (κ1) is 8.76. The van der Waals surface area contributed by atoms with E-state index in [9.17, 15) is 0 Å². The standard InChI is InChI=1S/C14H20.H2/c1-10-8-13(2)9-14(13,3)12-7-5-4-6-11(10)12;/h8H,4-7,9H2,1-3H3;1H. The first-order chi connectivity index (χ1) is 6.57. The van der Waals surface area contributed by atoms with E-state index in [2.05, 4.69) is 26.8 Å². The van der Waals surface area contributed by atoms with Gasteiger partial charge in [-0.05, 0) is 55.4 Å². The third-order valence-corrected chi connectivity index (χ3v) is 5.00. The Bertz CT molecular complexity index is 364. The molecule has 1 saturated carbocycles. The van der Waals surface area contributed by atoms with Crippen LogP contribution in [0.25, 0.3) is 0 Å². The van der Waals surface area contributed by atoms with Crippen molar-refractivity contribution in [2.45, 2.75) is 52.9 Å². The molecule has 0 amide bonds. The SMILES string of the molecule is CC1=CC2(C)CC2(C)C2=C1CCCC2.[HH]. The molecular weight excluding hydrogens is 168 g/mol. The van der Waals surface area contributed by atoms with Crippen LogP contribution in [0, 0.1) is 10.8 Å². The van der Waals surface area contributed by atoms with Crippen molar-refractivity contribution in [3.05, 3.63) is 22.8 Å². The van der Waals surface area contributed by atoms with Crippen LogP contribution < -0.4 is 0 Å². The molecule has 0 aliphatic heterocycles. The van der Waals surface area contributed by atoms with E-state index in [-0.39, 0.29) is 1.43 Å². The highest BCUT2D eigenvalue weighted by molar-refractivity contribution is 5.51. The maximum absolute atomic E-state index is 2.55. The van der Waals surface area contributed by atoms with Crippen molar-refractivity contribution >= 4 is 0 Å². The largest absolute Gasteiger partial charge is 0.0745 e. The minimum atomic E-state index is 0. The van der Waals surface area contributed by atoms with Crippen LogP contribution in [0.3, 0.4) is 0 Å². The Balaban J connectivity index is 0.000000853. The second-order valence-electron chi connectivity index (χ2n) is 5.92. The van der Waals surface area contributed by atoms with E-state index in [0.717, 1.165) is 0 Å². The van der Waals surface area contributed by atoms with Crippen LogP contribution in [-0.2, 0) is 0 Å². The lowest BCUT2D eigenvalue weighted by molar-refractivity contribution is 0.467. The molecule has 0 N–H and O–H groups in total. The molecule has 1 fully saturated rings. The maximum atomic E-state index is 2.55. The van der Waals surface area contributed by atoms with Crippen molar-refractivity contribution in [2.24, 2.45) is 10.8 Å². The minimum absolute atomic E-state index is 0. The van der Waals surface area contributed by atoms with Gasteiger partial charge in [-0.2, -0.15) is 0 Å². The highest BCUT2D eigenvalue weighted by Crippen LogP contribution is 2.72. The smallest absolute Gasteiger partial charge is 0 e. The van der Waals surface area contributed by atoms with E-state index in [1.807, 2.05) is 5.57 Å². The first-order valence-corrected chi connectivity index (χ1v) is 5.99. The van der Waals surface area contributed by atoms with Gasteiger partial charge in [0.1, 0.15) is 0 Å². The zero-order chi connectivity index (χ0) is 9.97. The van der Waals surface area contributed by atoms with Gasteiger partial charge in [-0.15, -0.1) is 0 Å². The Morgan fingerprint density at radius 2 is 1.93 bits per heavy atom. The summed E-state index contributed by atoms with van der Waals surface area (Å²) in [6.45, 7) is 7.25. The van der Waals surface area contributed by atoms with Gasteiger partial charge in [0.25, 0.3) is 0 Å². The second kappa shape index (κ2) is 2.35. The lowest BCUT2D eigenvalue weighted by Crippen LogP contribution is -2.19. The Labute approximate surface area is 88.6 Å². The van der Waals surface area contributed by atoms with Gasteiger partial charge in [0.05, 0.1) is 0 Å². The molecule has 3 aliphatic rings. The van der Waals surface area contributed by atoms with E-state index >= 15 is 0 Å². The van der Waals surface area contributed by atoms with Crippen molar-refractivity contribution in [1.29, 1.82) is 0 Å². The van der Waals surface area contributed by atoms with Crippen molar-refractivity contribution < 1.29 is 1.43 Å². The minimum Gasteiger partial charge on any atom is -0.0745 e. The third kappa shape index (κ3) is 0.852. The Morgan fingerprint density at radius 1 is 1.21 bits per heavy atom. The average Bonchev–Trinajstić information content (AvgIpc) is 2.70. The summed E-state index contributed by atoms with van der Waals surface area (Å²) in [5.41, 5.74) is 6.23. The van der Waals surface area contributed by atoms with E-state index in [4.69, 9.17) is 0 Å². The topological polar surface area (TPSA) is 0 Å². The van der Waals surface area contributed by atoms with Gasteiger partial charge in [-0.1, -0.05) is 31.1 Å². The van der Waals surface area contributed by atoms with Gasteiger partial charge in [0.2, 0.25) is 0 Å². The molecule has 2 unspecified atom stereocenters. The normalized spacial score (nSPS) is 45.5. The summed E-state index contributed by atoms with van der Waals surface area (Å²) in [5, 5.41) is 0. The van der Waals surface area contributed by atoms with Crippen LogP contribution in [-0.4, -0.2) is 0 Å². The molecule has 0 heteroatoms. The number of allylic oxidation sites excluding steroid dienone is 4. The predicted octanol–water partition coefficient (Wildman–Crippen LogP) is 4.48. The summed E-state index contributed by atoms with van der Waals surface area (Å²) in [4.78, 5) is 0. The summed E-state index contributed by atoms with van der Waals surface area (Å²) >= 11 is 0. The van der Waals surface area contributed by atoms with Gasteiger partial charge >= 0.3 is 0 Å². The number of fused-ring (bicyclic) bond motifs is 2. The quantitative estimate of drug-likeness (QED) is 0.528. The predicted molar refractivity (Wildman–Crippen MR) is 62.2 cm³/mol. The van der Waals surface area contributed by atoms with Crippen LogP contribution in [0.5, 0.6) is 0 Å². The number of hydrogen-bond acceptors (Lipinski definition) is 0.